The number of carbonyl (C=O) groups is 1. The van der Waals surface area contributed by atoms with E-state index >= 15 is 0 Å². The number of fused-ring (bicyclic) bond motifs is 3. The van der Waals surface area contributed by atoms with Gasteiger partial charge in [0.05, 0.1) is 39.1 Å². The Morgan fingerprint density at radius 1 is 0.811 bits per heavy atom. The van der Waals surface area contributed by atoms with Crippen molar-refractivity contribution in [3.05, 3.63) is 89.0 Å². The fraction of sp³-hybridized carbons (Fsp3) is 0.367. The summed E-state index contributed by atoms with van der Waals surface area (Å²) in [5.74, 6) is 1.38. The molecule has 1 amide bonds. The number of carbonyl (C=O) groups excluding carboxylic acids is 1. The quantitative estimate of drug-likeness (QED) is 0.536. The highest BCUT2D eigenvalue weighted by Crippen LogP contribution is 2.28. The second-order valence-electron chi connectivity index (χ2n) is 9.28. The summed E-state index contributed by atoms with van der Waals surface area (Å²) in [4.78, 5) is 18.0. The lowest BCUT2D eigenvalue weighted by Gasteiger charge is -2.30. The highest BCUT2D eigenvalue weighted by Gasteiger charge is 2.23. The molecule has 0 spiro atoms. The van der Waals surface area contributed by atoms with E-state index in [2.05, 4.69) is 35.2 Å². The number of benzene rings is 3. The molecule has 37 heavy (non-hydrogen) atoms. The normalized spacial score (nSPS) is 16.8. The van der Waals surface area contributed by atoms with Gasteiger partial charge < -0.3 is 28.7 Å². The van der Waals surface area contributed by atoms with Crippen LogP contribution in [0.4, 0.5) is 5.69 Å². The largest absolute Gasteiger partial charge is 0.496 e. The zero-order valence-corrected chi connectivity index (χ0v) is 21.4. The molecule has 0 N–H and O–H groups in total. The van der Waals surface area contributed by atoms with Gasteiger partial charge in [0.15, 0.2) is 0 Å². The average Bonchev–Trinajstić information content (AvgIpc) is 2.94. The molecule has 3 aromatic rings. The summed E-state index contributed by atoms with van der Waals surface area (Å²) in [5, 5.41) is 0. The Bertz CT molecular complexity index is 1210. The van der Waals surface area contributed by atoms with Gasteiger partial charge in [0.1, 0.15) is 18.1 Å². The highest BCUT2D eigenvalue weighted by molar-refractivity contribution is 5.98. The number of anilines is 1. The number of ether oxygens (including phenoxy) is 4. The zero-order chi connectivity index (χ0) is 25.5. The third-order valence-electron chi connectivity index (χ3n) is 6.80. The fourth-order valence-electron chi connectivity index (χ4n) is 4.86. The van der Waals surface area contributed by atoms with Gasteiger partial charge in [0.25, 0.3) is 5.91 Å². The summed E-state index contributed by atoms with van der Waals surface area (Å²) in [6.45, 7) is 5.25. The smallest absolute Gasteiger partial charge is 0.258 e. The van der Waals surface area contributed by atoms with E-state index in [9.17, 15) is 4.79 Å². The van der Waals surface area contributed by atoms with Crippen LogP contribution < -0.4 is 14.4 Å². The SMILES string of the molecule is COc1ccc(N2CCOCC2)cc1C(=O)N1CCOCCOc2ccccc2Cc2cccc(c2)C1. The van der Waals surface area contributed by atoms with Crippen molar-refractivity contribution in [3.63, 3.8) is 0 Å². The molecule has 2 aliphatic heterocycles. The lowest BCUT2D eigenvalue weighted by atomic mass is 10.0. The highest BCUT2D eigenvalue weighted by atomic mass is 16.5. The number of nitrogens with zero attached hydrogens (tertiary/aromatic N) is 2. The van der Waals surface area contributed by atoms with Crippen LogP contribution in [0.5, 0.6) is 11.5 Å². The molecule has 0 saturated carbocycles. The summed E-state index contributed by atoms with van der Waals surface area (Å²) in [5.41, 5.74) is 4.95. The minimum Gasteiger partial charge on any atom is -0.496 e. The van der Waals surface area contributed by atoms with Crippen molar-refractivity contribution in [3.8, 4) is 11.5 Å². The molecule has 5 rings (SSSR count). The van der Waals surface area contributed by atoms with Crippen LogP contribution in [0.25, 0.3) is 0 Å². The number of hydrogen-bond donors (Lipinski definition) is 0. The standard InChI is InChI=1S/C30H34N2O5/c1-34-29-10-9-26(31-11-14-35-15-12-31)21-27(29)30(33)32-13-16-36-17-18-37-28-8-3-2-7-25(28)20-23-5-4-6-24(19-23)22-32/h2-10,19,21H,11-18,20,22H2,1H3. The van der Waals surface area contributed by atoms with E-state index in [1.165, 1.54) is 5.56 Å². The zero-order valence-electron chi connectivity index (χ0n) is 21.4. The first-order valence-electron chi connectivity index (χ1n) is 12.9. The van der Waals surface area contributed by atoms with Gasteiger partial charge in [-0.1, -0.05) is 42.5 Å². The predicted molar refractivity (Wildman–Crippen MR) is 143 cm³/mol. The van der Waals surface area contributed by atoms with E-state index in [4.69, 9.17) is 18.9 Å². The second-order valence-corrected chi connectivity index (χ2v) is 9.28. The summed E-state index contributed by atoms with van der Waals surface area (Å²) in [7, 11) is 1.60. The van der Waals surface area contributed by atoms with Crippen LogP contribution >= 0.6 is 0 Å². The van der Waals surface area contributed by atoms with Gasteiger partial charge in [0.2, 0.25) is 0 Å². The van der Waals surface area contributed by atoms with E-state index in [1.54, 1.807) is 7.11 Å². The molecule has 2 bridgehead atoms. The third-order valence-corrected chi connectivity index (χ3v) is 6.80. The Kier molecular flexibility index (Phi) is 8.23. The number of hydrogen-bond acceptors (Lipinski definition) is 6. The van der Waals surface area contributed by atoms with Crippen LogP contribution in [0.1, 0.15) is 27.0 Å². The molecule has 7 heteroatoms. The van der Waals surface area contributed by atoms with Crippen molar-refractivity contribution >= 4 is 11.6 Å². The molecule has 0 radical (unpaired) electrons. The molecule has 0 unspecified atom stereocenters. The van der Waals surface area contributed by atoms with Crippen molar-refractivity contribution in [2.24, 2.45) is 0 Å². The molecule has 194 valence electrons. The van der Waals surface area contributed by atoms with E-state index in [-0.39, 0.29) is 5.91 Å². The van der Waals surface area contributed by atoms with Gasteiger partial charge in [-0.05, 0) is 41.0 Å². The minimum atomic E-state index is -0.0744. The van der Waals surface area contributed by atoms with Crippen LogP contribution in [0, 0.1) is 0 Å². The lowest BCUT2D eigenvalue weighted by Crippen LogP contribution is -2.37. The Balaban J connectivity index is 1.43. The van der Waals surface area contributed by atoms with Gasteiger partial charge in [-0.2, -0.15) is 0 Å². The molecule has 7 nitrogen and oxygen atoms in total. The van der Waals surface area contributed by atoms with Crippen molar-refractivity contribution in [1.82, 2.24) is 4.90 Å². The Morgan fingerprint density at radius 2 is 1.59 bits per heavy atom. The van der Waals surface area contributed by atoms with Crippen molar-refractivity contribution in [2.75, 3.05) is 64.7 Å². The fourth-order valence-corrected chi connectivity index (χ4v) is 4.86. The molecule has 3 aromatic carbocycles. The molecular formula is C30H34N2O5. The molecule has 0 atom stereocenters. The summed E-state index contributed by atoms with van der Waals surface area (Å²) in [6, 6.07) is 22.4. The Morgan fingerprint density at radius 3 is 2.46 bits per heavy atom. The van der Waals surface area contributed by atoms with Crippen LogP contribution in [-0.2, 0) is 22.4 Å². The van der Waals surface area contributed by atoms with E-state index < -0.39 is 0 Å². The summed E-state index contributed by atoms with van der Waals surface area (Å²) >= 11 is 0. The first-order valence-corrected chi connectivity index (χ1v) is 12.9. The van der Waals surface area contributed by atoms with Crippen LogP contribution in [-0.4, -0.2) is 70.6 Å². The van der Waals surface area contributed by atoms with E-state index in [0.29, 0.717) is 57.4 Å². The Labute approximate surface area is 218 Å². The van der Waals surface area contributed by atoms with E-state index in [0.717, 1.165) is 42.1 Å². The van der Waals surface area contributed by atoms with Gasteiger partial charge in [0, 0.05) is 38.3 Å². The van der Waals surface area contributed by atoms with Crippen LogP contribution in [0.3, 0.4) is 0 Å². The van der Waals surface area contributed by atoms with E-state index in [1.807, 2.05) is 41.3 Å². The van der Waals surface area contributed by atoms with Gasteiger partial charge in [-0.3, -0.25) is 4.79 Å². The topological polar surface area (TPSA) is 60.5 Å². The molecule has 1 fully saturated rings. The molecular weight excluding hydrogens is 468 g/mol. The second kappa shape index (κ2) is 12.1. The molecule has 0 aromatic heterocycles. The van der Waals surface area contributed by atoms with Crippen molar-refractivity contribution in [1.29, 1.82) is 0 Å². The first kappa shape index (κ1) is 25.1. The predicted octanol–water partition coefficient (Wildman–Crippen LogP) is 4.17. The summed E-state index contributed by atoms with van der Waals surface area (Å²) in [6.07, 6.45) is 0.758. The first-order chi connectivity index (χ1) is 18.2. The maximum Gasteiger partial charge on any atom is 0.258 e. The monoisotopic (exact) mass is 502 g/mol. The lowest BCUT2D eigenvalue weighted by molar-refractivity contribution is 0.0569. The average molecular weight is 503 g/mol. The maximum atomic E-state index is 13.9. The summed E-state index contributed by atoms with van der Waals surface area (Å²) < 4.78 is 23.0. The van der Waals surface area contributed by atoms with Gasteiger partial charge >= 0.3 is 0 Å². The van der Waals surface area contributed by atoms with Crippen molar-refractivity contribution in [2.45, 2.75) is 13.0 Å². The molecule has 1 saturated heterocycles. The number of amides is 1. The molecule has 2 aliphatic rings. The number of para-hydroxylation sites is 1. The van der Waals surface area contributed by atoms with Crippen molar-refractivity contribution < 1.29 is 23.7 Å². The number of methoxy groups -OCH3 is 1. The third kappa shape index (κ3) is 6.24. The number of morpholine rings is 1. The minimum absolute atomic E-state index is 0.0744. The Hall–Kier alpha value is -3.55. The maximum absolute atomic E-state index is 13.9. The molecule has 0 aliphatic carbocycles. The van der Waals surface area contributed by atoms with Gasteiger partial charge in [-0.25, -0.2) is 0 Å². The van der Waals surface area contributed by atoms with Crippen LogP contribution in [0.2, 0.25) is 0 Å². The number of rotatable bonds is 3. The molecule has 2 heterocycles. The van der Waals surface area contributed by atoms with Crippen LogP contribution in [0.15, 0.2) is 66.7 Å². The van der Waals surface area contributed by atoms with Gasteiger partial charge in [-0.15, -0.1) is 0 Å².